The molecule has 0 radical (unpaired) electrons. The lowest BCUT2D eigenvalue weighted by Crippen LogP contribution is -2.36. The molecule has 0 fully saturated rings. The van der Waals surface area contributed by atoms with Gasteiger partial charge in [0.1, 0.15) is 11.9 Å². The Hall–Kier alpha value is -1.09. The van der Waals surface area contributed by atoms with Gasteiger partial charge in [0.25, 0.3) is 0 Å². The normalized spacial score (nSPS) is 12.7. The van der Waals surface area contributed by atoms with Gasteiger partial charge in [-0.25, -0.2) is 0 Å². The summed E-state index contributed by atoms with van der Waals surface area (Å²) in [6, 6.07) is 4.07. The summed E-state index contributed by atoms with van der Waals surface area (Å²) < 4.78 is 6.17. The maximum Gasteiger partial charge on any atom is 0.141 e. The Balaban J connectivity index is 2.72. The van der Waals surface area contributed by atoms with Crippen molar-refractivity contribution in [3.05, 3.63) is 23.5 Å². The summed E-state index contributed by atoms with van der Waals surface area (Å²) in [7, 11) is 0. The van der Waals surface area contributed by atoms with Crippen LogP contribution < -0.4 is 10.1 Å². The zero-order valence-electron chi connectivity index (χ0n) is 13.0. The minimum absolute atomic E-state index is 0.196. The van der Waals surface area contributed by atoms with E-state index in [0.717, 1.165) is 43.1 Å². The largest absolute Gasteiger partial charge is 0.487 e. The number of nitrogens with one attached hydrogen (secondary N) is 1. The summed E-state index contributed by atoms with van der Waals surface area (Å²) in [6.45, 7) is 12.6. The van der Waals surface area contributed by atoms with E-state index in [9.17, 15) is 0 Å². The van der Waals surface area contributed by atoms with Crippen molar-refractivity contribution in [1.29, 1.82) is 0 Å². The van der Waals surface area contributed by atoms with Crippen molar-refractivity contribution in [2.45, 2.75) is 53.6 Å². The minimum atomic E-state index is 0.196. The molecular weight excluding hydrogens is 236 g/mol. The second-order valence-electron chi connectivity index (χ2n) is 5.36. The van der Waals surface area contributed by atoms with Gasteiger partial charge >= 0.3 is 0 Å². The molecule has 1 unspecified atom stereocenters. The third-order valence-corrected chi connectivity index (χ3v) is 3.20. The van der Waals surface area contributed by atoms with Gasteiger partial charge in [-0.3, -0.25) is 4.98 Å². The van der Waals surface area contributed by atoms with Crippen LogP contribution in [0.15, 0.2) is 12.1 Å². The Morgan fingerprint density at radius 1 is 1.26 bits per heavy atom. The molecule has 1 atom stereocenters. The molecule has 1 aromatic rings. The average Bonchev–Trinajstić information content (AvgIpc) is 2.39. The Morgan fingerprint density at radius 3 is 2.58 bits per heavy atom. The Kier molecular flexibility index (Phi) is 6.85. The Bertz CT molecular complexity index is 377. The molecule has 0 bridgehead atoms. The number of hydrogen-bond donors (Lipinski definition) is 1. The topological polar surface area (TPSA) is 34.1 Å². The lowest BCUT2D eigenvalue weighted by atomic mass is 10.1. The predicted octanol–water partition coefficient (Wildman–Crippen LogP) is 3.36. The SMILES string of the molecule is CCCNCC(Oc1ccc(C)nc1CC)C(C)C. The maximum atomic E-state index is 6.17. The van der Waals surface area contributed by atoms with Crippen LogP contribution in [0.4, 0.5) is 0 Å². The van der Waals surface area contributed by atoms with Crippen molar-refractivity contribution < 1.29 is 4.74 Å². The molecule has 1 rings (SSSR count). The van der Waals surface area contributed by atoms with Crippen molar-refractivity contribution in [2.24, 2.45) is 5.92 Å². The fourth-order valence-corrected chi connectivity index (χ4v) is 1.96. The van der Waals surface area contributed by atoms with Gasteiger partial charge in [0.15, 0.2) is 0 Å². The average molecular weight is 264 g/mol. The number of rotatable bonds is 8. The number of aryl methyl sites for hydroxylation is 2. The van der Waals surface area contributed by atoms with Crippen LogP contribution in [-0.4, -0.2) is 24.2 Å². The Morgan fingerprint density at radius 2 is 2.00 bits per heavy atom. The zero-order valence-corrected chi connectivity index (χ0v) is 13.0. The summed E-state index contributed by atoms with van der Waals surface area (Å²) in [5.41, 5.74) is 2.11. The molecule has 0 aliphatic heterocycles. The van der Waals surface area contributed by atoms with Crippen molar-refractivity contribution in [1.82, 2.24) is 10.3 Å². The van der Waals surface area contributed by atoms with E-state index < -0.39 is 0 Å². The van der Waals surface area contributed by atoms with E-state index in [2.05, 4.69) is 44.1 Å². The molecule has 0 aliphatic rings. The molecule has 0 saturated carbocycles. The fourth-order valence-electron chi connectivity index (χ4n) is 1.96. The first-order valence-corrected chi connectivity index (χ1v) is 7.42. The first kappa shape index (κ1) is 16.0. The molecule has 0 spiro atoms. The van der Waals surface area contributed by atoms with Gasteiger partial charge in [0.2, 0.25) is 0 Å². The van der Waals surface area contributed by atoms with Crippen LogP contribution in [0.25, 0.3) is 0 Å². The summed E-state index contributed by atoms with van der Waals surface area (Å²) in [6.07, 6.45) is 2.25. The monoisotopic (exact) mass is 264 g/mol. The van der Waals surface area contributed by atoms with Crippen LogP contribution in [0.1, 0.15) is 45.5 Å². The van der Waals surface area contributed by atoms with Crippen molar-refractivity contribution in [3.8, 4) is 5.75 Å². The van der Waals surface area contributed by atoms with E-state index >= 15 is 0 Å². The van der Waals surface area contributed by atoms with Gasteiger partial charge in [-0.1, -0.05) is 27.7 Å². The third kappa shape index (κ3) is 5.19. The first-order chi connectivity index (χ1) is 9.08. The zero-order chi connectivity index (χ0) is 14.3. The highest BCUT2D eigenvalue weighted by molar-refractivity contribution is 5.29. The molecule has 1 N–H and O–H groups in total. The highest BCUT2D eigenvalue weighted by Crippen LogP contribution is 2.21. The molecule has 1 heterocycles. The first-order valence-electron chi connectivity index (χ1n) is 7.42. The van der Waals surface area contributed by atoms with Gasteiger partial charge in [-0.05, 0) is 44.4 Å². The third-order valence-electron chi connectivity index (χ3n) is 3.20. The van der Waals surface area contributed by atoms with Gasteiger partial charge < -0.3 is 10.1 Å². The van der Waals surface area contributed by atoms with Gasteiger partial charge in [0, 0.05) is 12.2 Å². The van der Waals surface area contributed by atoms with E-state index in [1.807, 2.05) is 13.0 Å². The van der Waals surface area contributed by atoms with Gasteiger partial charge in [0.05, 0.1) is 5.69 Å². The van der Waals surface area contributed by atoms with Crippen LogP contribution in [0.5, 0.6) is 5.75 Å². The van der Waals surface area contributed by atoms with Crippen molar-refractivity contribution >= 4 is 0 Å². The van der Waals surface area contributed by atoms with Crippen LogP contribution in [0, 0.1) is 12.8 Å². The molecule has 0 amide bonds. The molecule has 1 aromatic heterocycles. The summed E-state index contributed by atoms with van der Waals surface area (Å²) in [4.78, 5) is 4.56. The van der Waals surface area contributed by atoms with Gasteiger partial charge in [-0.15, -0.1) is 0 Å². The standard InChI is InChI=1S/C16H28N2O/c1-6-10-17-11-16(12(3)4)19-15-9-8-13(5)18-14(15)7-2/h8-9,12,16-17H,6-7,10-11H2,1-5H3. The molecule has 0 saturated heterocycles. The van der Waals surface area contributed by atoms with E-state index in [1.54, 1.807) is 0 Å². The number of ether oxygens (including phenoxy) is 1. The summed E-state index contributed by atoms with van der Waals surface area (Å²) >= 11 is 0. The predicted molar refractivity (Wildman–Crippen MR) is 80.8 cm³/mol. The van der Waals surface area contributed by atoms with E-state index in [1.165, 1.54) is 0 Å². The summed E-state index contributed by atoms with van der Waals surface area (Å²) in [5.74, 6) is 1.42. The van der Waals surface area contributed by atoms with Crippen molar-refractivity contribution in [2.75, 3.05) is 13.1 Å². The molecule has 108 valence electrons. The fraction of sp³-hybridized carbons (Fsp3) is 0.688. The van der Waals surface area contributed by atoms with Crippen molar-refractivity contribution in [3.63, 3.8) is 0 Å². The van der Waals surface area contributed by atoms with E-state index in [-0.39, 0.29) is 6.10 Å². The second kappa shape index (κ2) is 8.16. The van der Waals surface area contributed by atoms with Crippen LogP contribution in [0.3, 0.4) is 0 Å². The molecule has 19 heavy (non-hydrogen) atoms. The van der Waals surface area contributed by atoms with E-state index in [0.29, 0.717) is 5.92 Å². The number of aromatic nitrogens is 1. The second-order valence-corrected chi connectivity index (χ2v) is 5.36. The van der Waals surface area contributed by atoms with E-state index in [4.69, 9.17) is 4.74 Å². The highest BCUT2D eigenvalue weighted by Gasteiger charge is 2.16. The maximum absolute atomic E-state index is 6.17. The number of hydrogen-bond acceptors (Lipinski definition) is 3. The molecule has 0 aromatic carbocycles. The van der Waals surface area contributed by atoms with Crippen LogP contribution in [-0.2, 0) is 6.42 Å². The van der Waals surface area contributed by atoms with Gasteiger partial charge in [-0.2, -0.15) is 0 Å². The lowest BCUT2D eigenvalue weighted by molar-refractivity contribution is 0.147. The quantitative estimate of drug-likeness (QED) is 0.731. The molecule has 3 nitrogen and oxygen atoms in total. The van der Waals surface area contributed by atoms with Crippen LogP contribution in [0.2, 0.25) is 0 Å². The van der Waals surface area contributed by atoms with Crippen LogP contribution >= 0.6 is 0 Å². The highest BCUT2D eigenvalue weighted by atomic mass is 16.5. The number of pyridine rings is 1. The Labute approximate surface area is 117 Å². The molecule has 0 aliphatic carbocycles. The molecular formula is C16H28N2O. The minimum Gasteiger partial charge on any atom is -0.487 e. The lowest BCUT2D eigenvalue weighted by Gasteiger charge is -2.24. The molecule has 3 heteroatoms. The number of nitrogens with zero attached hydrogens (tertiary/aromatic N) is 1. The smallest absolute Gasteiger partial charge is 0.141 e. The summed E-state index contributed by atoms with van der Waals surface area (Å²) in [5, 5.41) is 3.44.